The number of nitrogens with zero attached hydrogens (tertiary/aromatic N) is 1. The van der Waals surface area contributed by atoms with E-state index in [0.717, 1.165) is 11.3 Å². The Morgan fingerprint density at radius 3 is 2.75 bits per heavy atom. The van der Waals surface area contributed by atoms with Crippen LogP contribution in [0, 0.1) is 0 Å². The quantitative estimate of drug-likeness (QED) is 0.662. The first-order valence-electron chi connectivity index (χ1n) is 5.82. The fourth-order valence-corrected chi connectivity index (χ4v) is 1.93. The normalized spacial score (nSPS) is 11.5. The highest BCUT2D eigenvalue weighted by molar-refractivity contribution is 7.09. The summed E-state index contributed by atoms with van der Waals surface area (Å²) >= 11 is 1.13. The summed E-state index contributed by atoms with van der Waals surface area (Å²) in [6, 6.07) is -1.32. The molecule has 0 fully saturated rings. The van der Waals surface area contributed by atoms with Crippen molar-refractivity contribution in [3.05, 3.63) is 16.1 Å². The molecule has 3 N–H and O–H groups in total. The van der Waals surface area contributed by atoms with Crippen LogP contribution in [0.25, 0.3) is 0 Å². The van der Waals surface area contributed by atoms with E-state index in [1.165, 1.54) is 12.3 Å². The van der Waals surface area contributed by atoms with E-state index in [1.54, 1.807) is 6.92 Å². The van der Waals surface area contributed by atoms with Crippen LogP contribution < -0.4 is 10.6 Å². The molecular weight excluding hydrogens is 286 g/mol. The van der Waals surface area contributed by atoms with Crippen LogP contribution in [0.15, 0.2) is 5.38 Å². The number of carboxylic acids is 1. The number of rotatable bonds is 6. The fourth-order valence-electron chi connectivity index (χ4n) is 1.22. The van der Waals surface area contributed by atoms with Crippen LogP contribution in [0.1, 0.15) is 29.3 Å². The number of hydrogen-bond acceptors (Lipinski definition) is 6. The third-order valence-electron chi connectivity index (χ3n) is 2.16. The molecule has 0 aromatic carbocycles. The number of carbonyl (C=O) groups is 3. The first kappa shape index (κ1) is 15.9. The molecule has 2 amide bonds. The Labute approximate surface area is 119 Å². The molecule has 1 rings (SSSR count). The monoisotopic (exact) mass is 301 g/mol. The Morgan fingerprint density at radius 2 is 2.20 bits per heavy atom. The molecule has 0 bridgehead atoms. The van der Waals surface area contributed by atoms with E-state index in [2.05, 4.69) is 15.6 Å². The van der Waals surface area contributed by atoms with Crippen LogP contribution in [0.5, 0.6) is 0 Å². The van der Waals surface area contributed by atoms with Crippen LogP contribution in [-0.2, 0) is 16.1 Å². The maximum absolute atomic E-state index is 11.5. The van der Waals surface area contributed by atoms with Crippen molar-refractivity contribution in [2.75, 3.05) is 6.61 Å². The molecule has 0 aliphatic rings. The van der Waals surface area contributed by atoms with Crippen molar-refractivity contribution in [1.29, 1.82) is 0 Å². The van der Waals surface area contributed by atoms with Crippen LogP contribution in [0.2, 0.25) is 0 Å². The SMILES string of the molecule is CCOC(=O)C(C)NC(=O)NCc1nc(C(=O)O)cs1. The first-order valence-corrected chi connectivity index (χ1v) is 6.70. The summed E-state index contributed by atoms with van der Waals surface area (Å²) in [5.41, 5.74) is -0.0629. The van der Waals surface area contributed by atoms with Gasteiger partial charge < -0.3 is 20.5 Å². The number of aromatic nitrogens is 1. The summed E-state index contributed by atoms with van der Waals surface area (Å²) in [4.78, 5) is 37.2. The van der Waals surface area contributed by atoms with Crippen molar-refractivity contribution in [3.8, 4) is 0 Å². The van der Waals surface area contributed by atoms with Gasteiger partial charge in [0.1, 0.15) is 11.0 Å². The van der Waals surface area contributed by atoms with Crippen LogP contribution in [0.4, 0.5) is 4.79 Å². The highest BCUT2D eigenvalue weighted by Gasteiger charge is 2.16. The van der Waals surface area contributed by atoms with E-state index >= 15 is 0 Å². The third kappa shape index (κ3) is 4.84. The lowest BCUT2D eigenvalue weighted by Crippen LogP contribution is -2.44. The highest BCUT2D eigenvalue weighted by Crippen LogP contribution is 2.09. The Morgan fingerprint density at radius 1 is 1.50 bits per heavy atom. The van der Waals surface area contributed by atoms with Crippen molar-refractivity contribution >= 4 is 29.3 Å². The molecule has 1 unspecified atom stereocenters. The molecular formula is C11H15N3O5S. The molecule has 0 spiro atoms. The lowest BCUT2D eigenvalue weighted by Gasteiger charge is -2.12. The first-order chi connectivity index (χ1) is 9.43. The highest BCUT2D eigenvalue weighted by atomic mass is 32.1. The van der Waals surface area contributed by atoms with E-state index in [1.807, 2.05) is 0 Å². The van der Waals surface area contributed by atoms with Crippen molar-refractivity contribution in [2.45, 2.75) is 26.4 Å². The Hall–Kier alpha value is -2.16. The summed E-state index contributed by atoms with van der Waals surface area (Å²) in [7, 11) is 0. The number of ether oxygens (including phenoxy) is 1. The summed E-state index contributed by atoms with van der Waals surface area (Å²) in [5.74, 6) is -1.64. The molecule has 20 heavy (non-hydrogen) atoms. The number of aromatic carboxylic acids is 1. The second-order valence-electron chi connectivity index (χ2n) is 3.73. The average molecular weight is 301 g/mol. The van der Waals surface area contributed by atoms with E-state index < -0.39 is 24.0 Å². The van der Waals surface area contributed by atoms with E-state index in [0.29, 0.717) is 5.01 Å². The molecule has 1 atom stereocenters. The van der Waals surface area contributed by atoms with Gasteiger partial charge in [0.2, 0.25) is 0 Å². The minimum Gasteiger partial charge on any atom is -0.476 e. The van der Waals surface area contributed by atoms with Gasteiger partial charge >= 0.3 is 18.0 Å². The van der Waals surface area contributed by atoms with Gasteiger partial charge in [0.05, 0.1) is 13.2 Å². The zero-order valence-corrected chi connectivity index (χ0v) is 11.8. The number of hydrogen-bond donors (Lipinski definition) is 3. The standard InChI is InChI=1S/C11H15N3O5S/c1-3-19-10(17)6(2)13-11(18)12-4-8-14-7(5-20-8)9(15)16/h5-6H,3-4H2,1-2H3,(H,15,16)(H2,12,13,18). The lowest BCUT2D eigenvalue weighted by atomic mass is 10.3. The predicted octanol–water partition coefficient (Wildman–Crippen LogP) is 0.592. The number of carbonyl (C=O) groups excluding carboxylic acids is 2. The van der Waals surface area contributed by atoms with Crippen molar-refractivity contribution in [3.63, 3.8) is 0 Å². The molecule has 0 radical (unpaired) electrons. The van der Waals surface area contributed by atoms with Gasteiger partial charge in [-0.05, 0) is 13.8 Å². The van der Waals surface area contributed by atoms with E-state index in [-0.39, 0.29) is 18.8 Å². The molecule has 1 heterocycles. The second kappa shape index (κ2) is 7.43. The molecule has 1 aromatic rings. The van der Waals surface area contributed by atoms with Gasteiger partial charge in [-0.2, -0.15) is 0 Å². The summed E-state index contributed by atoms with van der Waals surface area (Å²) in [6.07, 6.45) is 0. The van der Waals surface area contributed by atoms with Crippen molar-refractivity contribution in [1.82, 2.24) is 15.6 Å². The molecule has 1 aromatic heterocycles. The fraction of sp³-hybridized carbons (Fsp3) is 0.455. The molecule has 9 heteroatoms. The Balaban J connectivity index is 2.39. The van der Waals surface area contributed by atoms with Crippen LogP contribution in [-0.4, -0.2) is 40.7 Å². The van der Waals surface area contributed by atoms with Crippen LogP contribution in [0.3, 0.4) is 0 Å². The van der Waals surface area contributed by atoms with Gasteiger partial charge in [0.15, 0.2) is 5.69 Å². The van der Waals surface area contributed by atoms with Crippen molar-refractivity contribution in [2.24, 2.45) is 0 Å². The van der Waals surface area contributed by atoms with Gasteiger partial charge in [0.25, 0.3) is 0 Å². The minimum atomic E-state index is -1.12. The van der Waals surface area contributed by atoms with Gasteiger partial charge in [-0.1, -0.05) is 0 Å². The number of amides is 2. The van der Waals surface area contributed by atoms with Gasteiger partial charge in [-0.15, -0.1) is 11.3 Å². The smallest absolute Gasteiger partial charge is 0.355 e. The topological polar surface area (TPSA) is 118 Å². The number of nitrogens with one attached hydrogen (secondary N) is 2. The second-order valence-corrected chi connectivity index (χ2v) is 4.68. The third-order valence-corrected chi connectivity index (χ3v) is 3.01. The summed E-state index contributed by atoms with van der Waals surface area (Å²) in [5, 5.41) is 15.4. The lowest BCUT2D eigenvalue weighted by molar-refractivity contribution is -0.144. The number of thiazole rings is 1. The maximum atomic E-state index is 11.5. The van der Waals surface area contributed by atoms with Gasteiger partial charge in [0, 0.05) is 5.38 Å². The largest absolute Gasteiger partial charge is 0.476 e. The molecule has 0 aliphatic carbocycles. The molecule has 0 saturated carbocycles. The Bertz CT molecular complexity index is 502. The number of carboxylic acid groups (broad SMARTS) is 1. The van der Waals surface area contributed by atoms with E-state index in [9.17, 15) is 14.4 Å². The maximum Gasteiger partial charge on any atom is 0.355 e. The zero-order valence-electron chi connectivity index (χ0n) is 11.0. The van der Waals surface area contributed by atoms with Gasteiger partial charge in [-0.3, -0.25) is 0 Å². The zero-order chi connectivity index (χ0) is 15.1. The van der Waals surface area contributed by atoms with Gasteiger partial charge in [-0.25, -0.2) is 19.4 Å². The summed E-state index contributed by atoms with van der Waals surface area (Å²) in [6.45, 7) is 3.50. The predicted molar refractivity (Wildman–Crippen MR) is 70.5 cm³/mol. The van der Waals surface area contributed by atoms with Crippen molar-refractivity contribution < 1.29 is 24.2 Å². The summed E-state index contributed by atoms with van der Waals surface area (Å²) < 4.78 is 4.74. The molecule has 110 valence electrons. The minimum absolute atomic E-state index is 0.0629. The average Bonchev–Trinajstić information content (AvgIpc) is 2.85. The molecule has 0 saturated heterocycles. The number of urea groups is 1. The Kier molecular flexibility index (Phi) is 5.91. The van der Waals surface area contributed by atoms with E-state index in [4.69, 9.17) is 9.84 Å². The number of esters is 1. The molecule has 0 aliphatic heterocycles. The van der Waals surface area contributed by atoms with Crippen LogP contribution >= 0.6 is 11.3 Å². The molecule has 8 nitrogen and oxygen atoms in total.